The molecule has 5 heteroatoms. The van der Waals surface area contributed by atoms with Crippen LogP contribution in [-0.2, 0) is 0 Å². The highest BCUT2D eigenvalue weighted by Gasteiger charge is 2.06. The molecule has 0 amide bonds. The molecule has 1 aromatic heterocycles. The number of rotatable bonds is 2. The maximum atomic E-state index is 13.0. The summed E-state index contributed by atoms with van der Waals surface area (Å²) in [5.74, 6) is -0.572. The van der Waals surface area contributed by atoms with Crippen LogP contribution in [-0.4, -0.2) is 24.0 Å². The van der Waals surface area contributed by atoms with Crippen LogP contribution in [0, 0.1) is 20.8 Å². The molecule has 1 heterocycles. The van der Waals surface area contributed by atoms with Crippen molar-refractivity contribution in [2.75, 3.05) is 14.1 Å². The van der Waals surface area contributed by atoms with Crippen LogP contribution in [0.15, 0.2) is 18.3 Å². The molecular formula is C10H9FIN3. The Morgan fingerprint density at radius 3 is 2.73 bits per heavy atom. The van der Waals surface area contributed by atoms with Gasteiger partial charge in [-0.2, -0.15) is 9.65 Å². The smallest absolute Gasteiger partial charge is 0.214 e. The highest BCUT2D eigenvalue weighted by atomic mass is 127. The summed E-state index contributed by atoms with van der Waals surface area (Å²) >= 11 is 1.98. The van der Waals surface area contributed by atoms with E-state index in [1.54, 1.807) is 31.3 Å². The molecule has 3 nitrogen and oxygen atoms in total. The molecule has 0 saturated heterocycles. The number of nitriles is 1. The van der Waals surface area contributed by atoms with E-state index in [0.717, 1.165) is 3.57 Å². The van der Waals surface area contributed by atoms with E-state index in [0.29, 0.717) is 11.3 Å². The minimum Gasteiger partial charge on any atom is -0.382 e. The van der Waals surface area contributed by atoms with Crippen LogP contribution in [0.3, 0.4) is 0 Å². The molecule has 0 aromatic carbocycles. The largest absolute Gasteiger partial charge is 0.382 e. The Balaban J connectivity index is 3.20. The molecule has 0 aliphatic rings. The molecule has 0 unspecified atom stereocenters. The second kappa shape index (κ2) is 5.07. The molecule has 0 fully saturated rings. The van der Waals surface area contributed by atoms with Crippen molar-refractivity contribution in [3.05, 3.63) is 33.5 Å². The van der Waals surface area contributed by atoms with Crippen molar-refractivity contribution < 1.29 is 4.39 Å². The zero-order valence-corrected chi connectivity index (χ0v) is 10.5. The lowest BCUT2D eigenvalue weighted by molar-refractivity contribution is 0.564. The number of aromatic nitrogens is 1. The predicted molar refractivity (Wildman–Crippen MR) is 64.2 cm³/mol. The summed E-state index contributed by atoms with van der Waals surface area (Å²) in [7, 11) is 3.59. The number of hydrogen-bond acceptors (Lipinski definition) is 3. The fraction of sp³-hybridized carbons (Fsp3) is 0.200. The Labute approximate surface area is 101 Å². The Morgan fingerprint density at radius 2 is 2.27 bits per heavy atom. The molecule has 1 aromatic rings. The topological polar surface area (TPSA) is 39.9 Å². The molecule has 0 bridgehead atoms. The number of halogens is 2. The van der Waals surface area contributed by atoms with Gasteiger partial charge in [0.1, 0.15) is 6.07 Å². The quantitative estimate of drug-likeness (QED) is 0.477. The summed E-state index contributed by atoms with van der Waals surface area (Å²) in [5, 5.41) is 8.90. The first-order valence-corrected chi connectivity index (χ1v) is 5.22. The highest BCUT2D eigenvalue weighted by molar-refractivity contribution is 14.1. The summed E-state index contributed by atoms with van der Waals surface area (Å²) in [6.07, 6.45) is 1.61. The van der Waals surface area contributed by atoms with Gasteiger partial charge in [0, 0.05) is 29.9 Å². The van der Waals surface area contributed by atoms with Crippen LogP contribution in [0.25, 0.3) is 5.57 Å². The van der Waals surface area contributed by atoms with Gasteiger partial charge in [0.25, 0.3) is 0 Å². The summed E-state index contributed by atoms with van der Waals surface area (Å²) in [5.41, 5.74) is 0.702. The molecule has 1 rings (SSSR count). The minimum atomic E-state index is -0.572. The second-order valence-corrected chi connectivity index (χ2v) is 4.36. The molecule has 0 aliphatic heterocycles. The van der Waals surface area contributed by atoms with Crippen molar-refractivity contribution in [2.24, 2.45) is 0 Å². The number of pyridine rings is 1. The van der Waals surface area contributed by atoms with Crippen LogP contribution in [0.5, 0.6) is 0 Å². The SMILES string of the molecule is CN(C)C=C(C#N)c1cc(I)cc(F)n1. The van der Waals surface area contributed by atoms with Crippen molar-refractivity contribution in [2.45, 2.75) is 0 Å². The van der Waals surface area contributed by atoms with Crippen LogP contribution in [0.4, 0.5) is 4.39 Å². The predicted octanol–water partition coefficient (Wildman–Crippen LogP) is 2.25. The van der Waals surface area contributed by atoms with Gasteiger partial charge in [-0.1, -0.05) is 0 Å². The van der Waals surface area contributed by atoms with E-state index in [1.807, 2.05) is 28.7 Å². The molecule has 78 valence electrons. The summed E-state index contributed by atoms with van der Waals surface area (Å²) in [6.45, 7) is 0. The van der Waals surface area contributed by atoms with E-state index >= 15 is 0 Å². The van der Waals surface area contributed by atoms with Gasteiger partial charge in [-0.3, -0.25) is 0 Å². The van der Waals surface area contributed by atoms with Gasteiger partial charge in [-0.25, -0.2) is 4.98 Å². The highest BCUT2D eigenvalue weighted by Crippen LogP contribution is 2.15. The van der Waals surface area contributed by atoms with Crippen LogP contribution < -0.4 is 0 Å². The van der Waals surface area contributed by atoms with Crippen molar-refractivity contribution in [3.8, 4) is 6.07 Å². The maximum absolute atomic E-state index is 13.0. The van der Waals surface area contributed by atoms with Gasteiger partial charge in [0.05, 0.1) is 11.3 Å². The van der Waals surface area contributed by atoms with Crippen molar-refractivity contribution in [1.82, 2.24) is 9.88 Å². The molecule has 15 heavy (non-hydrogen) atoms. The van der Waals surface area contributed by atoms with Gasteiger partial charge >= 0.3 is 0 Å². The average Bonchev–Trinajstić information content (AvgIpc) is 2.12. The molecule has 0 atom stereocenters. The van der Waals surface area contributed by atoms with Crippen LogP contribution in [0.2, 0.25) is 0 Å². The monoisotopic (exact) mass is 317 g/mol. The third-order valence-corrected chi connectivity index (χ3v) is 2.17. The Bertz CT molecular complexity index is 415. The molecule has 0 aliphatic carbocycles. The lowest BCUT2D eigenvalue weighted by atomic mass is 10.2. The zero-order valence-electron chi connectivity index (χ0n) is 8.33. The number of hydrogen-bond donors (Lipinski definition) is 0. The van der Waals surface area contributed by atoms with Crippen molar-refractivity contribution >= 4 is 28.2 Å². The Hall–Kier alpha value is -1.16. The van der Waals surface area contributed by atoms with Crippen molar-refractivity contribution in [1.29, 1.82) is 5.26 Å². The van der Waals surface area contributed by atoms with Gasteiger partial charge < -0.3 is 4.90 Å². The second-order valence-electron chi connectivity index (χ2n) is 3.11. The van der Waals surface area contributed by atoms with Crippen LogP contribution in [0.1, 0.15) is 5.69 Å². The average molecular weight is 317 g/mol. The number of nitrogens with zero attached hydrogens (tertiary/aromatic N) is 3. The third kappa shape index (κ3) is 3.47. The third-order valence-electron chi connectivity index (χ3n) is 1.54. The van der Waals surface area contributed by atoms with Crippen molar-refractivity contribution in [3.63, 3.8) is 0 Å². The van der Waals surface area contributed by atoms with Gasteiger partial charge in [-0.05, 0) is 28.7 Å². The van der Waals surface area contributed by atoms with E-state index in [2.05, 4.69) is 4.98 Å². The first-order chi connectivity index (χ1) is 7.02. The number of allylic oxidation sites excluding steroid dienone is 1. The standard InChI is InChI=1S/C10H9FIN3/c1-15(2)6-7(5-13)9-3-8(12)4-10(11)14-9/h3-4,6H,1-2H3. The lowest BCUT2D eigenvalue weighted by Gasteiger charge is -2.06. The van der Waals surface area contributed by atoms with E-state index in [-0.39, 0.29) is 0 Å². The molecule has 0 N–H and O–H groups in total. The van der Waals surface area contributed by atoms with E-state index < -0.39 is 5.95 Å². The minimum absolute atomic E-state index is 0.345. The summed E-state index contributed by atoms with van der Waals surface area (Å²) < 4.78 is 13.7. The molecular weight excluding hydrogens is 308 g/mol. The van der Waals surface area contributed by atoms with E-state index in [4.69, 9.17) is 5.26 Å². The summed E-state index contributed by atoms with van der Waals surface area (Å²) in [6, 6.07) is 4.97. The van der Waals surface area contributed by atoms with E-state index in [9.17, 15) is 4.39 Å². The normalized spacial score (nSPS) is 11.0. The van der Waals surface area contributed by atoms with Crippen LogP contribution >= 0.6 is 22.6 Å². The van der Waals surface area contributed by atoms with Gasteiger partial charge in [-0.15, -0.1) is 0 Å². The first kappa shape index (κ1) is 11.9. The fourth-order valence-corrected chi connectivity index (χ4v) is 1.57. The fourth-order valence-electron chi connectivity index (χ4n) is 1.01. The van der Waals surface area contributed by atoms with E-state index in [1.165, 1.54) is 6.07 Å². The first-order valence-electron chi connectivity index (χ1n) is 4.14. The molecule has 0 saturated carbocycles. The Kier molecular flexibility index (Phi) is 4.03. The molecule has 0 spiro atoms. The van der Waals surface area contributed by atoms with Gasteiger partial charge in [0.2, 0.25) is 5.95 Å². The zero-order chi connectivity index (χ0) is 11.4. The van der Waals surface area contributed by atoms with Gasteiger partial charge in [0.15, 0.2) is 0 Å². The maximum Gasteiger partial charge on any atom is 0.214 e. The lowest BCUT2D eigenvalue weighted by Crippen LogP contribution is -2.03. The Morgan fingerprint density at radius 1 is 1.60 bits per heavy atom. The molecule has 0 radical (unpaired) electrons. The summed E-state index contributed by atoms with van der Waals surface area (Å²) in [4.78, 5) is 5.39.